The van der Waals surface area contributed by atoms with Gasteiger partial charge in [0.05, 0.1) is 26.4 Å². The van der Waals surface area contributed by atoms with Crippen molar-refractivity contribution in [2.75, 3.05) is 7.11 Å². The molecule has 0 saturated carbocycles. The van der Waals surface area contributed by atoms with E-state index in [0.29, 0.717) is 55.3 Å². The zero-order chi connectivity index (χ0) is 89.7. The summed E-state index contributed by atoms with van der Waals surface area (Å²) < 4.78 is 22.8. The molecule has 0 radical (unpaired) electrons. The Bertz CT molecular complexity index is 6050. The molecule has 0 unspecified atom stereocenters. The van der Waals surface area contributed by atoms with Gasteiger partial charge in [-0.2, -0.15) is 0 Å². The Hall–Kier alpha value is -10.3. The van der Waals surface area contributed by atoms with Gasteiger partial charge in [0.25, 0.3) is 6.47 Å². The van der Waals surface area contributed by atoms with Crippen LogP contribution in [-0.2, 0) is 32.3 Å². The maximum absolute atomic E-state index is 13.6. The van der Waals surface area contributed by atoms with E-state index < -0.39 is 22.4 Å². The van der Waals surface area contributed by atoms with Gasteiger partial charge in [-0.25, -0.2) is 0 Å². The number of benzene rings is 11. The van der Waals surface area contributed by atoms with Crippen molar-refractivity contribution < 1.29 is 187 Å². The number of aromatic hydroxyl groups is 4. The Labute approximate surface area is 813 Å². The number of fused-ring (bicyclic) bond motifs is 2. The Morgan fingerprint density at radius 1 is 0.427 bits per heavy atom. The first kappa shape index (κ1) is 102. The number of phenolic OH excluding ortho intramolecular Hbond substituents is 3. The van der Waals surface area contributed by atoms with E-state index in [4.69, 9.17) is 40.0 Å². The molecule has 13 aromatic rings. The van der Waals surface area contributed by atoms with Crippen LogP contribution in [0.1, 0.15) is 202 Å². The molecule has 0 aliphatic rings. The number of ether oxygens (including phenoxy) is 2. The Balaban J connectivity index is 0.000000292. The van der Waals surface area contributed by atoms with Gasteiger partial charge in [-0.15, -0.1) is 0 Å². The second-order valence-electron chi connectivity index (χ2n) is 32.2. The summed E-state index contributed by atoms with van der Waals surface area (Å²) in [6, 6.07) is 68.7. The average molecular weight is 1740 g/mol. The monoisotopic (exact) mass is 1740 g/mol. The maximum Gasteiger partial charge on any atom is 1.00 e. The molecule has 2 aromatic heterocycles. The standard InChI is InChI=1S/C36H32O7.C20H22O3.C19H19ClO2.C18H16O4.C8H10.CH2O3.2K.H/c1-20-6-7-24(16-21(20)2)34-35(33(41)32-30(40)17-26(37)18-31(32)43-34)42-27-14-10-23(11-15-27)29(39)19-28(38)22-8-12-25(13-9-22)36(3,4)5;1-20(2,3)16-9-5-14(6-10-16)18(21)13-19(22)15-7-11-17(23-4)12-8-15;1-19(2,3)15-8-4-13(5-9-15)17(21)12-18(22)14-6-10-16(20)11-7-14;1-9-6-13(19)15-14(7-9)22-18(17(21)16(15)20)12-5-4-10(2)11(3)8-12;1-2-8-6-4-3-5-7-8;2-1-4-3;;;/h6-18,37,40H,19H2,1-5H3;5-12H,13H2,1-4H3;4-11H,12H2,1-3H3;4-8,19,21H,1-3H3;3-7H,2H2,1H3;1,3H;;;/q;;;;;;2*+1;-1/p-1. The summed E-state index contributed by atoms with van der Waals surface area (Å²) in [5.41, 5.74) is 12.9. The molecule has 0 bridgehead atoms. The molecule has 632 valence electrons. The number of ketones is 6. The predicted molar refractivity (Wildman–Crippen MR) is 476 cm³/mol. The summed E-state index contributed by atoms with van der Waals surface area (Å²) >= 11 is 5.79. The molecular formula is C102H101ClK2O19. The van der Waals surface area contributed by atoms with Crippen molar-refractivity contribution in [3.05, 3.63) is 346 Å². The molecule has 0 fully saturated rings. The van der Waals surface area contributed by atoms with Gasteiger partial charge < -0.3 is 50.3 Å². The van der Waals surface area contributed by atoms with Crippen molar-refractivity contribution in [2.24, 2.45) is 0 Å². The van der Waals surface area contributed by atoms with Crippen LogP contribution >= 0.6 is 11.6 Å². The molecule has 0 amide bonds. The number of aryl methyl sites for hydroxylation is 6. The summed E-state index contributed by atoms with van der Waals surface area (Å²) in [6.45, 7) is 30.6. The number of hydrogen-bond donors (Lipinski definition) is 4. The number of hydrogen-bond acceptors (Lipinski definition) is 19. The first-order chi connectivity index (χ1) is 57.6. The van der Waals surface area contributed by atoms with Gasteiger partial charge in [0.2, 0.25) is 22.4 Å². The van der Waals surface area contributed by atoms with Crippen molar-refractivity contribution in [1.29, 1.82) is 0 Å². The summed E-state index contributed by atoms with van der Waals surface area (Å²) in [7, 11) is 1.57. The van der Waals surface area contributed by atoms with E-state index in [1.807, 2.05) is 94.4 Å². The Kier molecular flexibility index (Phi) is 38.5. The van der Waals surface area contributed by atoms with Gasteiger partial charge >= 0.3 is 103 Å². The molecular weight excluding hydrogens is 1640 g/mol. The second kappa shape index (κ2) is 46.6. The van der Waals surface area contributed by atoms with Crippen molar-refractivity contribution >= 4 is 74.7 Å². The van der Waals surface area contributed by atoms with Crippen molar-refractivity contribution in [3.8, 4) is 62.9 Å². The van der Waals surface area contributed by atoms with E-state index in [2.05, 4.69) is 98.4 Å². The maximum atomic E-state index is 13.6. The zero-order valence-corrected chi connectivity index (χ0v) is 80.2. The normalized spacial score (nSPS) is 10.8. The number of phenols is 3. The number of Topliss-reactive ketones (excluding diaryl/α,β-unsaturated/α-hetero) is 6. The first-order valence-electron chi connectivity index (χ1n) is 39.2. The third-order valence-corrected chi connectivity index (χ3v) is 20.2. The second-order valence-corrected chi connectivity index (χ2v) is 32.7. The fourth-order valence-electron chi connectivity index (χ4n) is 12.4. The van der Waals surface area contributed by atoms with Gasteiger partial charge in [-0.05, 0) is 204 Å². The quantitative estimate of drug-likeness (QED) is 0.0146. The predicted octanol–water partition coefficient (Wildman–Crippen LogP) is 16.2. The summed E-state index contributed by atoms with van der Waals surface area (Å²) in [5, 5.41) is 49.4. The molecule has 11 aromatic carbocycles. The number of rotatable bonds is 19. The van der Waals surface area contributed by atoms with Gasteiger partial charge in [-0.1, -0.05) is 208 Å². The van der Waals surface area contributed by atoms with Crippen LogP contribution in [0.2, 0.25) is 5.02 Å². The van der Waals surface area contributed by atoms with Crippen LogP contribution in [0, 0.1) is 34.6 Å². The van der Waals surface area contributed by atoms with Crippen LogP contribution in [0.15, 0.2) is 255 Å². The van der Waals surface area contributed by atoms with E-state index in [0.717, 1.165) is 57.0 Å². The van der Waals surface area contributed by atoms with Gasteiger partial charge in [0.1, 0.15) is 50.7 Å². The molecule has 0 atom stereocenters. The van der Waals surface area contributed by atoms with Crippen molar-refractivity contribution in [1.82, 2.24) is 0 Å². The molecule has 124 heavy (non-hydrogen) atoms. The van der Waals surface area contributed by atoms with Gasteiger partial charge in [0, 0.05) is 61.7 Å². The van der Waals surface area contributed by atoms with Crippen LogP contribution in [0.4, 0.5) is 0 Å². The fourth-order valence-corrected chi connectivity index (χ4v) is 12.5. The van der Waals surface area contributed by atoms with Crippen molar-refractivity contribution in [3.63, 3.8) is 0 Å². The van der Waals surface area contributed by atoms with Gasteiger partial charge in [0.15, 0.2) is 46.2 Å². The number of halogens is 1. The van der Waals surface area contributed by atoms with Crippen LogP contribution < -0.4 is 128 Å². The van der Waals surface area contributed by atoms with E-state index in [-0.39, 0.29) is 237 Å². The van der Waals surface area contributed by atoms with Crippen LogP contribution in [0.5, 0.6) is 40.2 Å². The largest absolute Gasteiger partial charge is 1.00 e. The van der Waals surface area contributed by atoms with Crippen molar-refractivity contribution in [2.45, 2.75) is 146 Å². The van der Waals surface area contributed by atoms with E-state index in [1.165, 1.54) is 42.0 Å². The molecule has 13 rings (SSSR count). The minimum Gasteiger partial charge on any atom is -1.00 e. The molecule has 2 heterocycles. The summed E-state index contributed by atoms with van der Waals surface area (Å²) in [5.74, 6) is -1.70. The molecule has 19 nitrogen and oxygen atoms in total. The molecule has 0 spiro atoms. The average Bonchev–Trinajstić information content (AvgIpc) is 0.764. The third-order valence-electron chi connectivity index (χ3n) is 20.0. The van der Waals surface area contributed by atoms with E-state index >= 15 is 0 Å². The smallest absolute Gasteiger partial charge is 1.00 e. The topological polar surface area (TPSA) is 312 Å². The summed E-state index contributed by atoms with van der Waals surface area (Å²) in [4.78, 5) is 112. The van der Waals surface area contributed by atoms with Crippen LogP contribution in [0.25, 0.3) is 44.6 Å². The van der Waals surface area contributed by atoms with Crippen LogP contribution in [0.3, 0.4) is 0 Å². The molecule has 0 aliphatic heterocycles. The minimum absolute atomic E-state index is 0. The SMILES string of the molecule is CC(C)(C)c1ccc(C(=O)CC(=O)c2ccc(Cl)cc2)cc1.CCc1ccccc1.COc1ccc(C(=O)CC(=O)c2ccc(C(C)(C)C)cc2)cc1.Cc1cc(O)c2c(=O)c(O)c(-c3ccc(C)c(C)c3)oc2c1.Cc1ccc(-c2oc3cc(O)cc(O)c3c(=O)c2Oc2ccc(C(=O)CC(=O)c3ccc(C(C)(C)C)cc3)cc2)cc1C.O=CO[O-].[H-].[K+].[K+]. The minimum atomic E-state index is -0.632. The molecule has 0 aliphatic carbocycles. The van der Waals surface area contributed by atoms with Gasteiger partial charge in [-0.3, -0.25) is 43.2 Å². The fraction of sp³-hybridized carbons (Fsp3) is 0.225. The summed E-state index contributed by atoms with van der Waals surface area (Å²) in [6.07, 6.45) is 0.602. The Morgan fingerprint density at radius 3 is 1.12 bits per heavy atom. The zero-order valence-electron chi connectivity index (χ0n) is 74.2. The van der Waals surface area contributed by atoms with Crippen LogP contribution in [-0.4, -0.2) is 68.7 Å². The molecule has 4 N–H and O–H groups in total. The molecule has 0 saturated heterocycles. The third kappa shape index (κ3) is 28.6. The van der Waals surface area contributed by atoms with E-state index in [1.54, 1.807) is 117 Å². The first-order valence-corrected chi connectivity index (χ1v) is 39.6. The Morgan fingerprint density at radius 2 is 0.766 bits per heavy atom. The number of carbonyl (C=O) groups is 7. The number of carbonyl (C=O) groups excluding carboxylic acids is 7. The number of methoxy groups -OCH3 is 1. The molecule has 22 heteroatoms. The van der Waals surface area contributed by atoms with E-state index in [9.17, 15) is 58.8 Å².